The van der Waals surface area contributed by atoms with Crippen LogP contribution in [0, 0.1) is 0 Å². The van der Waals surface area contributed by atoms with E-state index in [1.54, 1.807) is 6.92 Å². The lowest BCUT2D eigenvalue weighted by Gasteiger charge is -2.25. The molecule has 0 aliphatic carbocycles. The molecule has 0 spiro atoms. The third-order valence-corrected chi connectivity index (χ3v) is 2.35. The van der Waals surface area contributed by atoms with Crippen LogP contribution >= 0.6 is 0 Å². The molecule has 0 bridgehead atoms. The van der Waals surface area contributed by atoms with Crippen LogP contribution in [0.15, 0.2) is 12.2 Å². The van der Waals surface area contributed by atoms with Gasteiger partial charge in [0.25, 0.3) is 0 Å². The van der Waals surface area contributed by atoms with Gasteiger partial charge in [0, 0.05) is 5.57 Å². The monoisotopic (exact) mass is 212 g/mol. The first kappa shape index (κ1) is 14.2. The van der Waals surface area contributed by atoms with Crippen molar-refractivity contribution in [3.63, 3.8) is 0 Å². The van der Waals surface area contributed by atoms with Crippen LogP contribution in [-0.2, 0) is 9.53 Å². The Hall–Kier alpha value is -0.790. The molecule has 0 rings (SSSR count). The minimum atomic E-state index is -0.357. The van der Waals surface area contributed by atoms with E-state index in [1.165, 1.54) is 19.3 Å². The van der Waals surface area contributed by atoms with E-state index in [9.17, 15) is 4.79 Å². The molecule has 0 fully saturated rings. The number of unbranched alkanes of at least 4 members (excludes halogenated alkanes) is 3. The SMILES string of the molecule is C=C(C)C(=O)OC(C)(C)CCCCCC. The average molecular weight is 212 g/mol. The molecule has 0 N–H and O–H groups in total. The first-order valence-corrected chi connectivity index (χ1v) is 5.78. The molecule has 2 heteroatoms. The number of hydrogen-bond acceptors (Lipinski definition) is 2. The quantitative estimate of drug-likeness (QED) is 0.364. The Morgan fingerprint density at radius 1 is 1.27 bits per heavy atom. The van der Waals surface area contributed by atoms with E-state index in [0.29, 0.717) is 5.57 Å². The molecule has 0 atom stereocenters. The molecule has 0 aromatic rings. The van der Waals surface area contributed by atoms with Gasteiger partial charge in [-0.25, -0.2) is 4.79 Å². The zero-order valence-corrected chi connectivity index (χ0v) is 10.6. The summed E-state index contributed by atoms with van der Waals surface area (Å²) in [5, 5.41) is 0. The number of esters is 1. The lowest BCUT2D eigenvalue weighted by Crippen LogP contribution is -2.28. The molecule has 0 unspecified atom stereocenters. The molecule has 88 valence electrons. The van der Waals surface area contributed by atoms with Gasteiger partial charge in [-0.05, 0) is 33.6 Å². The predicted molar refractivity (Wildman–Crippen MR) is 63.7 cm³/mol. The van der Waals surface area contributed by atoms with Crippen LogP contribution in [0.3, 0.4) is 0 Å². The molecular formula is C13H24O2. The summed E-state index contributed by atoms with van der Waals surface area (Å²) in [5.41, 5.74) is 0.112. The summed E-state index contributed by atoms with van der Waals surface area (Å²) in [6.45, 7) is 11.4. The topological polar surface area (TPSA) is 26.3 Å². The summed E-state index contributed by atoms with van der Waals surface area (Å²) >= 11 is 0. The van der Waals surface area contributed by atoms with E-state index in [2.05, 4.69) is 13.5 Å². The number of ether oxygens (including phenoxy) is 1. The second-order valence-electron chi connectivity index (χ2n) is 4.74. The number of carbonyl (C=O) groups is 1. The fraction of sp³-hybridized carbons (Fsp3) is 0.769. The van der Waals surface area contributed by atoms with E-state index in [4.69, 9.17) is 4.74 Å². The normalized spacial score (nSPS) is 11.2. The summed E-state index contributed by atoms with van der Waals surface area (Å²) in [4.78, 5) is 11.3. The van der Waals surface area contributed by atoms with Crippen molar-refractivity contribution in [2.24, 2.45) is 0 Å². The standard InChI is InChI=1S/C13H24O2/c1-6-7-8-9-10-13(4,5)15-12(14)11(2)3/h2,6-10H2,1,3-5H3. The van der Waals surface area contributed by atoms with Gasteiger partial charge in [-0.2, -0.15) is 0 Å². The zero-order chi connectivity index (χ0) is 11.9. The van der Waals surface area contributed by atoms with Crippen molar-refractivity contribution in [2.45, 2.75) is 65.4 Å². The Balaban J connectivity index is 3.86. The van der Waals surface area contributed by atoms with Crippen LogP contribution in [0.2, 0.25) is 0 Å². The Kier molecular flexibility index (Phi) is 6.30. The largest absolute Gasteiger partial charge is 0.456 e. The van der Waals surface area contributed by atoms with Gasteiger partial charge in [0.05, 0.1) is 0 Å². The van der Waals surface area contributed by atoms with Crippen LogP contribution in [0.25, 0.3) is 0 Å². The first-order valence-electron chi connectivity index (χ1n) is 5.78. The lowest BCUT2D eigenvalue weighted by atomic mass is 10.00. The van der Waals surface area contributed by atoms with Crippen molar-refractivity contribution < 1.29 is 9.53 Å². The van der Waals surface area contributed by atoms with E-state index in [0.717, 1.165) is 12.8 Å². The summed E-state index contributed by atoms with van der Waals surface area (Å²) in [7, 11) is 0. The van der Waals surface area contributed by atoms with Crippen molar-refractivity contribution in [1.29, 1.82) is 0 Å². The van der Waals surface area contributed by atoms with Crippen LogP contribution in [0.4, 0.5) is 0 Å². The predicted octanol–water partition coefficient (Wildman–Crippen LogP) is 3.85. The van der Waals surface area contributed by atoms with Crippen LogP contribution in [0.1, 0.15) is 59.8 Å². The van der Waals surface area contributed by atoms with E-state index < -0.39 is 0 Å². The van der Waals surface area contributed by atoms with E-state index in [1.807, 2.05) is 13.8 Å². The number of rotatable bonds is 7. The highest BCUT2D eigenvalue weighted by Crippen LogP contribution is 2.20. The maximum absolute atomic E-state index is 11.3. The van der Waals surface area contributed by atoms with E-state index >= 15 is 0 Å². The van der Waals surface area contributed by atoms with E-state index in [-0.39, 0.29) is 11.6 Å². The van der Waals surface area contributed by atoms with Gasteiger partial charge in [0.1, 0.15) is 5.60 Å². The molecule has 0 heterocycles. The highest BCUT2D eigenvalue weighted by molar-refractivity contribution is 5.87. The molecule has 0 saturated carbocycles. The second kappa shape index (κ2) is 6.65. The van der Waals surface area contributed by atoms with Gasteiger partial charge in [-0.3, -0.25) is 0 Å². The summed E-state index contributed by atoms with van der Waals surface area (Å²) in [6, 6.07) is 0. The van der Waals surface area contributed by atoms with Gasteiger partial charge in [-0.15, -0.1) is 0 Å². The molecule has 0 aliphatic rings. The minimum absolute atomic E-state index is 0.282. The van der Waals surface area contributed by atoms with Gasteiger partial charge in [0.2, 0.25) is 0 Å². The zero-order valence-electron chi connectivity index (χ0n) is 10.6. The number of hydrogen-bond donors (Lipinski definition) is 0. The van der Waals surface area contributed by atoms with Crippen LogP contribution in [-0.4, -0.2) is 11.6 Å². The lowest BCUT2D eigenvalue weighted by molar-refractivity contribution is -0.152. The summed E-state index contributed by atoms with van der Waals surface area (Å²) in [6.07, 6.45) is 5.73. The van der Waals surface area contributed by atoms with Crippen molar-refractivity contribution in [3.8, 4) is 0 Å². The summed E-state index contributed by atoms with van der Waals surface area (Å²) < 4.78 is 5.34. The van der Waals surface area contributed by atoms with Gasteiger partial charge in [0.15, 0.2) is 0 Å². The Bertz CT molecular complexity index is 217. The molecule has 0 saturated heterocycles. The molecule has 0 amide bonds. The molecule has 0 aliphatic heterocycles. The van der Waals surface area contributed by atoms with Crippen molar-refractivity contribution in [1.82, 2.24) is 0 Å². The molecule has 15 heavy (non-hydrogen) atoms. The van der Waals surface area contributed by atoms with Crippen molar-refractivity contribution in [2.75, 3.05) is 0 Å². The first-order chi connectivity index (χ1) is 6.89. The maximum atomic E-state index is 11.3. The van der Waals surface area contributed by atoms with Crippen LogP contribution in [0.5, 0.6) is 0 Å². The molecular weight excluding hydrogens is 188 g/mol. The molecule has 0 aromatic carbocycles. The maximum Gasteiger partial charge on any atom is 0.333 e. The average Bonchev–Trinajstić information content (AvgIpc) is 2.11. The highest BCUT2D eigenvalue weighted by Gasteiger charge is 2.22. The van der Waals surface area contributed by atoms with Gasteiger partial charge >= 0.3 is 5.97 Å². The third kappa shape index (κ3) is 7.18. The Labute approximate surface area is 93.7 Å². The molecule has 0 aromatic heterocycles. The fourth-order valence-electron chi connectivity index (χ4n) is 1.37. The van der Waals surface area contributed by atoms with Crippen molar-refractivity contribution >= 4 is 5.97 Å². The van der Waals surface area contributed by atoms with Gasteiger partial charge < -0.3 is 4.74 Å². The Morgan fingerprint density at radius 3 is 2.33 bits per heavy atom. The minimum Gasteiger partial charge on any atom is -0.456 e. The smallest absolute Gasteiger partial charge is 0.333 e. The van der Waals surface area contributed by atoms with Crippen LogP contribution < -0.4 is 0 Å². The number of carbonyl (C=O) groups excluding carboxylic acids is 1. The fourth-order valence-corrected chi connectivity index (χ4v) is 1.37. The Morgan fingerprint density at radius 2 is 1.87 bits per heavy atom. The second-order valence-corrected chi connectivity index (χ2v) is 4.74. The summed E-state index contributed by atoms with van der Waals surface area (Å²) in [5.74, 6) is -0.282. The molecule has 2 nitrogen and oxygen atoms in total. The third-order valence-electron chi connectivity index (χ3n) is 2.35. The van der Waals surface area contributed by atoms with Crippen molar-refractivity contribution in [3.05, 3.63) is 12.2 Å². The molecule has 0 radical (unpaired) electrons. The van der Waals surface area contributed by atoms with Gasteiger partial charge in [-0.1, -0.05) is 32.8 Å². The highest BCUT2D eigenvalue weighted by atomic mass is 16.6.